The number of carbonyl (C=O) groups is 2. The lowest BCUT2D eigenvalue weighted by atomic mass is 9.68. The summed E-state index contributed by atoms with van der Waals surface area (Å²) in [7, 11) is 1.59. The summed E-state index contributed by atoms with van der Waals surface area (Å²) in [5.74, 6) is -1.29. The number of benzene rings is 3. The largest absolute Gasteiger partial charge is 0.497 e. The second kappa shape index (κ2) is 8.81. The first-order valence-electron chi connectivity index (χ1n) is 10.1. The maximum absolute atomic E-state index is 13.5. The third kappa shape index (κ3) is 3.91. The Morgan fingerprint density at radius 3 is 2.13 bits per heavy atom. The van der Waals surface area contributed by atoms with E-state index in [1.165, 1.54) is 0 Å². The van der Waals surface area contributed by atoms with Crippen molar-refractivity contribution in [3.8, 4) is 11.8 Å². The van der Waals surface area contributed by atoms with Crippen LogP contribution in [0.1, 0.15) is 33.8 Å². The van der Waals surface area contributed by atoms with Gasteiger partial charge in [0.25, 0.3) is 0 Å². The highest BCUT2D eigenvalue weighted by atomic mass is 16.5. The zero-order chi connectivity index (χ0) is 21.8. The Kier molecular flexibility index (Phi) is 5.77. The summed E-state index contributed by atoms with van der Waals surface area (Å²) in [6.45, 7) is 0. The lowest BCUT2D eigenvalue weighted by Crippen LogP contribution is -2.35. The molecule has 152 valence electrons. The number of Topliss-reactive ketones (excluding diaryl/α,β-unsaturated/α-hetero) is 2. The van der Waals surface area contributed by atoms with Crippen molar-refractivity contribution >= 4 is 17.1 Å². The average molecular weight is 407 g/mol. The van der Waals surface area contributed by atoms with Gasteiger partial charge in [-0.15, -0.1) is 0 Å². The van der Waals surface area contributed by atoms with Crippen molar-refractivity contribution in [3.05, 3.63) is 107 Å². The van der Waals surface area contributed by atoms with Crippen LogP contribution >= 0.6 is 0 Å². The zero-order valence-corrected chi connectivity index (χ0v) is 17.1. The minimum absolute atomic E-state index is 0.0743. The highest BCUT2D eigenvalue weighted by Crippen LogP contribution is 2.44. The molecule has 3 aromatic carbocycles. The fourth-order valence-electron chi connectivity index (χ4n) is 4.20. The molecule has 0 unspecified atom stereocenters. The van der Waals surface area contributed by atoms with Gasteiger partial charge in [0, 0.05) is 11.5 Å². The lowest BCUT2D eigenvalue weighted by molar-refractivity contribution is -0.118. The smallest absolute Gasteiger partial charge is 0.185 e. The van der Waals surface area contributed by atoms with Gasteiger partial charge in [-0.05, 0) is 35.3 Å². The van der Waals surface area contributed by atoms with E-state index in [2.05, 4.69) is 6.07 Å². The van der Waals surface area contributed by atoms with E-state index < -0.39 is 11.7 Å². The Hall–Kier alpha value is -3.97. The Bertz CT molecular complexity index is 1170. The molecule has 3 aromatic rings. The van der Waals surface area contributed by atoms with Crippen molar-refractivity contribution in [2.75, 3.05) is 7.11 Å². The van der Waals surface area contributed by atoms with Gasteiger partial charge in [-0.3, -0.25) is 9.59 Å². The molecule has 1 aliphatic rings. The number of carbonyl (C=O) groups excluding carboxylic acids is 2. The molecular weight excluding hydrogens is 386 g/mol. The van der Waals surface area contributed by atoms with Gasteiger partial charge in [-0.25, -0.2) is 0 Å². The molecule has 1 aliphatic carbocycles. The van der Waals surface area contributed by atoms with Crippen LogP contribution in [0.15, 0.2) is 90.5 Å². The number of hydrogen-bond acceptors (Lipinski definition) is 4. The summed E-state index contributed by atoms with van der Waals surface area (Å²) in [5, 5.41) is 9.83. The molecule has 4 rings (SSSR count). The fourth-order valence-corrected chi connectivity index (χ4v) is 4.20. The number of hydrogen-bond donors (Lipinski definition) is 0. The predicted octanol–water partition coefficient (Wildman–Crippen LogP) is 5.23. The van der Waals surface area contributed by atoms with Gasteiger partial charge < -0.3 is 4.74 Å². The SMILES string of the molecule is COc1ccc([C@H]2CC(c3ccccc3)=C(C#N)C(=O)[C@@H]2C(=O)c2ccccc2)cc1. The van der Waals surface area contributed by atoms with Gasteiger partial charge in [0.1, 0.15) is 11.8 Å². The number of ketones is 2. The minimum Gasteiger partial charge on any atom is -0.497 e. The zero-order valence-electron chi connectivity index (χ0n) is 17.1. The quantitative estimate of drug-likeness (QED) is 0.429. The van der Waals surface area contributed by atoms with Crippen molar-refractivity contribution in [1.29, 1.82) is 5.26 Å². The van der Waals surface area contributed by atoms with Crippen LogP contribution in [0.3, 0.4) is 0 Å². The van der Waals surface area contributed by atoms with Crippen molar-refractivity contribution < 1.29 is 14.3 Å². The summed E-state index contributed by atoms with van der Waals surface area (Å²) in [5.41, 5.74) is 2.93. The Labute approximate surface area is 181 Å². The van der Waals surface area contributed by atoms with Gasteiger partial charge >= 0.3 is 0 Å². The predicted molar refractivity (Wildman–Crippen MR) is 119 cm³/mol. The van der Waals surface area contributed by atoms with E-state index in [1.54, 1.807) is 31.4 Å². The minimum atomic E-state index is -0.946. The highest BCUT2D eigenvalue weighted by molar-refractivity contribution is 6.21. The van der Waals surface area contributed by atoms with E-state index in [4.69, 9.17) is 4.74 Å². The van der Waals surface area contributed by atoms with Gasteiger partial charge in [-0.1, -0.05) is 72.8 Å². The Balaban J connectivity index is 1.86. The van der Waals surface area contributed by atoms with Crippen LogP contribution in [-0.2, 0) is 4.79 Å². The van der Waals surface area contributed by atoms with E-state index in [-0.39, 0.29) is 17.3 Å². The summed E-state index contributed by atoms with van der Waals surface area (Å²) in [4.78, 5) is 27.0. The summed E-state index contributed by atoms with van der Waals surface area (Å²) < 4.78 is 5.26. The average Bonchev–Trinajstić information content (AvgIpc) is 2.84. The molecule has 0 radical (unpaired) electrons. The molecule has 0 amide bonds. The molecule has 0 saturated heterocycles. The van der Waals surface area contributed by atoms with Crippen LogP contribution in [0.5, 0.6) is 5.75 Å². The van der Waals surface area contributed by atoms with Crippen molar-refractivity contribution in [2.24, 2.45) is 5.92 Å². The van der Waals surface area contributed by atoms with E-state index in [1.807, 2.05) is 60.7 Å². The molecule has 2 atom stereocenters. The van der Waals surface area contributed by atoms with Gasteiger partial charge in [0.2, 0.25) is 0 Å². The van der Waals surface area contributed by atoms with Crippen LogP contribution in [0.2, 0.25) is 0 Å². The van der Waals surface area contributed by atoms with Crippen LogP contribution < -0.4 is 4.74 Å². The lowest BCUT2D eigenvalue weighted by Gasteiger charge is -2.31. The molecule has 0 spiro atoms. The topological polar surface area (TPSA) is 67.2 Å². The maximum Gasteiger partial charge on any atom is 0.185 e. The molecule has 0 aromatic heterocycles. The Morgan fingerprint density at radius 2 is 1.55 bits per heavy atom. The van der Waals surface area contributed by atoms with Crippen LogP contribution in [0.4, 0.5) is 0 Å². The molecule has 4 heteroatoms. The number of ether oxygens (including phenoxy) is 1. The molecule has 4 nitrogen and oxygen atoms in total. The summed E-state index contributed by atoms with van der Waals surface area (Å²) in [6.07, 6.45) is 0.425. The molecule has 0 fully saturated rings. The Morgan fingerprint density at radius 1 is 0.935 bits per heavy atom. The van der Waals surface area contributed by atoms with Crippen LogP contribution in [-0.4, -0.2) is 18.7 Å². The molecule has 31 heavy (non-hydrogen) atoms. The molecule has 0 aliphatic heterocycles. The highest BCUT2D eigenvalue weighted by Gasteiger charge is 2.43. The van der Waals surface area contributed by atoms with E-state index in [9.17, 15) is 14.9 Å². The van der Waals surface area contributed by atoms with Gasteiger partial charge in [-0.2, -0.15) is 5.26 Å². The molecular formula is C27H21NO3. The second-order valence-electron chi connectivity index (χ2n) is 7.49. The molecule has 0 bridgehead atoms. The maximum atomic E-state index is 13.5. The first-order chi connectivity index (χ1) is 15.1. The van der Waals surface area contributed by atoms with E-state index >= 15 is 0 Å². The van der Waals surface area contributed by atoms with E-state index in [0.29, 0.717) is 23.3 Å². The molecule has 0 heterocycles. The summed E-state index contributed by atoms with van der Waals surface area (Å²) >= 11 is 0. The van der Waals surface area contributed by atoms with Crippen molar-refractivity contribution in [1.82, 2.24) is 0 Å². The van der Waals surface area contributed by atoms with Gasteiger partial charge in [0.05, 0.1) is 18.6 Å². The number of allylic oxidation sites excluding steroid dienone is 2. The number of methoxy groups -OCH3 is 1. The fraction of sp³-hybridized carbons (Fsp3) is 0.148. The van der Waals surface area contributed by atoms with E-state index in [0.717, 1.165) is 11.1 Å². The molecule has 0 N–H and O–H groups in total. The van der Waals surface area contributed by atoms with Gasteiger partial charge in [0.15, 0.2) is 11.6 Å². The second-order valence-corrected chi connectivity index (χ2v) is 7.49. The third-order valence-electron chi connectivity index (χ3n) is 5.78. The third-order valence-corrected chi connectivity index (χ3v) is 5.78. The normalized spacial score (nSPS) is 18.4. The molecule has 0 saturated carbocycles. The standard InChI is InChI=1S/C27H21NO3/c1-31-21-14-12-19(13-15-21)23-16-22(18-8-4-2-5-9-18)24(17-28)27(30)25(23)26(29)20-10-6-3-7-11-20/h2-15,23,25H,16H2,1H3/t23-,25+/m1/s1. The number of nitrogens with zero attached hydrogens (tertiary/aromatic N) is 1. The van der Waals surface area contributed by atoms with Crippen molar-refractivity contribution in [2.45, 2.75) is 12.3 Å². The number of rotatable bonds is 5. The van der Waals surface area contributed by atoms with Crippen LogP contribution in [0.25, 0.3) is 5.57 Å². The number of nitriles is 1. The summed E-state index contributed by atoms with van der Waals surface area (Å²) in [6, 6.07) is 27.8. The first-order valence-corrected chi connectivity index (χ1v) is 10.1. The van der Waals surface area contributed by atoms with Crippen LogP contribution in [0, 0.1) is 17.2 Å². The van der Waals surface area contributed by atoms with Crippen molar-refractivity contribution in [3.63, 3.8) is 0 Å². The monoisotopic (exact) mass is 407 g/mol. The first kappa shape index (κ1) is 20.3.